The molecular weight excluding hydrogens is 255 g/mol. The molecule has 1 rings (SSSR count). The molecule has 0 radical (unpaired) electrons. The summed E-state index contributed by atoms with van der Waals surface area (Å²) in [4.78, 5) is 3.71. The van der Waals surface area contributed by atoms with Gasteiger partial charge in [-0.25, -0.2) is 0 Å². The van der Waals surface area contributed by atoms with Gasteiger partial charge in [0.15, 0.2) is 0 Å². The van der Waals surface area contributed by atoms with Crippen LogP contribution in [0.25, 0.3) is 0 Å². The van der Waals surface area contributed by atoms with E-state index in [-0.39, 0.29) is 5.56 Å². The predicted octanol–water partition coefficient (Wildman–Crippen LogP) is 2.62. The highest BCUT2D eigenvalue weighted by Crippen LogP contribution is 2.34. The lowest BCUT2D eigenvalue weighted by molar-refractivity contribution is -0.138. The number of nitrogens with one attached hydrogen (secondary N) is 1. The molecule has 3 N–H and O–H groups in total. The van der Waals surface area contributed by atoms with Crippen LogP contribution < -0.4 is 11.3 Å². The van der Waals surface area contributed by atoms with Crippen LogP contribution in [-0.2, 0) is 6.18 Å². The summed E-state index contributed by atoms with van der Waals surface area (Å²) in [5.74, 6) is 5.64. The molecule has 17 heavy (non-hydrogen) atoms. The molecule has 3 nitrogen and oxygen atoms in total. The maximum absolute atomic E-state index is 12.7. The Balaban J connectivity index is 3.02. The Kier molecular flexibility index (Phi) is 5.17. The summed E-state index contributed by atoms with van der Waals surface area (Å²) in [7, 11) is 0. The summed E-state index contributed by atoms with van der Waals surface area (Å²) in [5.41, 5.74) is 1.70. The van der Waals surface area contributed by atoms with Gasteiger partial charge in [0.1, 0.15) is 0 Å². The van der Waals surface area contributed by atoms with Crippen LogP contribution in [0.5, 0.6) is 0 Å². The smallest absolute Gasteiger partial charge is 0.271 e. The average Bonchev–Trinajstić information content (AvgIpc) is 2.29. The number of nitrogens with two attached hydrogens (primary N) is 1. The molecule has 0 spiro atoms. The number of hydrogen-bond acceptors (Lipinski definition) is 3. The number of alkyl halides is 4. The Morgan fingerprint density at radius 3 is 2.71 bits per heavy atom. The van der Waals surface area contributed by atoms with Gasteiger partial charge in [-0.2, -0.15) is 13.2 Å². The Morgan fingerprint density at radius 1 is 1.47 bits per heavy atom. The molecule has 96 valence electrons. The van der Waals surface area contributed by atoms with Crippen LogP contribution in [0.4, 0.5) is 13.2 Å². The van der Waals surface area contributed by atoms with E-state index in [1.807, 2.05) is 0 Å². The second-order valence-electron chi connectivity index (χ2n) is 3.51. The van der Waals surface area contributed by atoms with Crippen molar-refractivity contribution in [2.75, 3.05) is 5.88 Å². The predicted molar refractivity (Wildman–Crippen MR) is 59.3 cm³/mol. The molecule has 1 atom stereocenters. The largest absolute Gasteiger partial charge is 0.416 e. The van der Waals surface area contributed by atoms with E-state index >= 15 is 0 Å². The SMILES string of the molecule is NNC(CCCCl)c1cnccc1C(F)(F)F. The summed E-state index contributed by atoms with van der Waals surface area (Å²) in [5, 5.41) is 0. The highest BCUT2D eigenvalue weighted by atomic mass is 35.5. The number of hydrogen-bond donors (Lipinski definition) is 2. The minimum atomic E-state index is -4.41. The van der Waals surface area contributed by atoms with Gasteiger partial charge in [0, 0.05) is 29.9 Å². The molecular formula is C10H13ClF3N3. The van der Waals surface area contributed by atoms with Crippen LogP contribution in [0.15, 0.2) is 18.5 Å². The van der Waals surface area contributed by atoms with Gasteiger partial charge in [-0.1, -0.05) is 0 Å². The maximum Gasteiger partial charge on any atom is 0.416 e. The van der Waals surface area contributed by atoms with Gasteiger partial charge >= 0.3 is 6.18 Å². The molecule has 1 aromatic heterocycles. The van der Waals surface area contributed by atoms with Crippen LogP contribution in [0.3, 0.4) is 0 Å². The summed E-state index contributed by atoms with van der Waals surface area (Å²) >= 11 is 5.51. The zero-order valence-electron chi connectivity index (χ0n) is 8.97. The first kappa shape index (κ1) is 14.2. The third-order valence-corrected chi connectivity index (χ3v) is 2.63. The molecule has 0 saturated carbocycles. The van der Waals surface area contributed by atoms with Crippen molar-refractivity contribution in [1.82, 2.24) is 10.4 Å². The summed E-state index contributed by atoms with van der Waals surface area (Å²) in [6.07, 6.45) is -1.12. The summed E-state index contributed by atoms with van der Waals surface area (Å²) in [6, 6.07) is 0.347. The highest BCUT2D eigenvalue weighted by Gasteiger charge is 2.34. The first-order valence-electron chi connectivity index (χ1n) is 5.04. The second-order valence-corrected chi connectivity index (χ2v) is 3.89. The van der Waals surface area contributed by atoms with Gasteiger partial charge in [0.05, 0.1) is 5.56 Å². The van der Waals surface area contributed by atoms with Gasteiger partial charge in [-0.3, -0.25) is 16.3 Å². The lowest BCUT2D eigenvalue weighted by atomic mass is 9.99. The zero-order chi connectivity index (χ0) is 12.9. The van der Waals surface area contributed by atoms with Gasteiger partial charge < -0.3 is 0 Å². The maximum atomic E-state index is 12.7. The molecule has 0 aliphatic carbocycles. The van der Waals surface area contributed by atoms with E-state index in [9.17, 15) is 13.2 Å². The van der Waals surface area contributed by atoms with E-state index in [1.165, 1.54) is 6.20 Å². The Hall–Kier alpha value is -0.850. The molecule has 0 aliphatic rings. The van der Waals surface area contributed by atoms with Crippen LogP contribution in [-0.4, -0.2) is 10.9 Å². The lowest BCUT2D eigenvalue weighted by Gasteiger charge is -2.20. The Bertz CT molecular complexity index is 357. The van der Waals surface area contributed by atoms with Crippen molar-refractivity contribution in [3.8, 4) is 0 Å². The number of nitrogens with zero attached hydrogens (tertiary/aromatic N) is 1. The van der Waals surface area contributed by atoms with Gasteiger partial charge in [-0.15, -0.1) is 11.6 Å². The van der Waals surface area contributed by atoms with E-state index in [0.29, 0.717) is 18.7 Å². The quantitative estimate of drug-likeness (QED) is 0.490. The minimum absolute atomic E-state index is 0.0487. The van der Waals surface area contributed by atoms with Gasteiger partial charge in [0.2, 0.25) is 0 Å². The normalized spacial score (nSPS) is 13.7. The number of pyridine rings is 1. The highest BCUT2D eigenvalue weighted by molar-refractivity contribution is 6.17. The Morgan fingerprint density at radius 2 is 2.18 bits per heavy atom. The summed E-state index contributed by atoms with van der Waals surface area (Å²) < 4.78 is 38.2. The number of rotatable bonds is 5. The molecule has 0 amide bonds. The Labute approximate surface area is 102 Å². The summed E-state index contributed by atoms with van der Waals surface area (Å²) in [6.45, 7) is 0. The van der Waals surface area contributed by atoms with Crippen LogP contribution in [0.1, 0.15) is 30.0 Å². The molecule has 0 bridgehead atoms. The topological polar surface area (TPSA) is 50.9 Å². The second kappa shape index (κ2) is 6.18. The fraction of sp³-hybridized carbons (Fsp3) is 0.500. The van der Waals surface area contributed by atoms with Crippen molar-refractivity contribution in [3.05, 3.63) is 29.6 Å². The average molecular weight is 268 g/mol. The molecule has 0 aliphatic heterocycles. The number of halogens is 4. The molecule has 1 heterocycles. The third kappa shape index (κ3) is 3.83. The van der Waals surface area contributed by atoms with Crippen molar-refractivity contribution < 1.29 is 13.2 Å². The zero-order valence-corrected chi connectivity index (χ0v) is 9.72. The van der Waals surface area contributed by atoms with Crippen LogP contribution >= 0.6 is 11.6 Å². The fourth-order valence-electron chi connectivity index (χ4n) is 1.55. The van der Waals surface area contributed by atoms with Crippen LogP contribution in [0, 0.1) is 0 Å². The lowest BCUT2D eigenvalue weighted by Crippen LogP contribution is -2.30. The van der Waals surface area contributed by atoms with E-state index in [1.54, 1.807) is 0 Å². The van der Waals surface area contributed by atoms with Gasteiger partial charge in [0.25, 0.3) is 0 Å². The first-order valence-corrected chi connectivity index (χ1v) is 5.57. The molecule has 1 unspecified atom stereocenters. The third-order valence-electron chi connectivity index (χ3n) is 2.36. The van der Waals surface area contributed by atoms with Crippen molar-refractivity contribution in [2.24, 2.45) is 5.84 Å². The molecule has 0 saturated heterocycles. The van der Waals surface area contributed by atoms with E-state index < -0.39 is 17.8 Å². The standard InChI is InChI=1S/C10H13ClF3N3/c11-4-1-2-9(17-15)7-6-16-5-3-8(7)10(12,13)14/h3,5-6,9,17H,1-2,4,15H2. The molecule has 1 aromatic rings. The van der Waals surface area contributed by atoms with Crippen LogP contribution in [0.2, 0.25) is 0 Å². The van der Waals surface area contributed by atoms with Gasteiger partial charge in [-0.05, 0) is 18.9 Å². The molecule has 0 aromatic carbocycles. The van der Waals surface area contributed by atoms with Crippen molar-refractivity contribution >= 4 is 11.6 Å². The minimum Gasteiger partial charge on any atom is -0.271 e. The molecule has 7 heteroatoms. The van der Waals surface area contributed by atoms with E-state index in [4.69, 9.17) is 17.4 Å². The van der Waals surface area contributed by atoms with Crippen molar-refractivity contribution in [3.63, 3.8) is 0 Å². The van der Waals surface area contributed by atoms with E-state index in [2.05, 4.69) is 10.4 Å². The molecule has 0 fully saturated rings. The van der Waals surface area contributed by atoms with E-state index in [0.717, 1.165) is 12.3 Å². The number of hydrazine groups is 1. The monoisotopic (exact) mass is 267 g/mol. The number of aromatic nitrogens is 1. The first-order chi connectivity index (χ1) is 8.00. The fourth-order valence-corrected chi connectivity index (χ4v) is 1.71. The van der Waals surface area contributed by atoms with Crippen molar-refractivity contribution in [2.45, 2.75) is 25.1 Å². The van der Waals surface area contributed by atoms with Crippen molar-refractivity contribution in [1.29, 1.82) is 0 Å².